The average Bonchev–Trinajstić information content (AvgIpc) is 3.05. The SMILES string of the molecule is C[C@@H](Sc1nnc2c(n1)[nH]c1ccccc12)C(=O)NCc1ccc(F)cc1. The molecule has 27 heavy (non-hydrogen) atoms. The highest BCUT2D eigenvalue weighted by atomic mass is 32.2. The molecule has 0 unspecified atom stereocenters. The molecule has 0 aliphatic rings. The summed E-state index contributed by atoms with van der Waals surface area (Å²) >= 11 is 1.24. The Labute approximate surface area is 158 Å². The zero-order chi connectivity index (χ0) is 18.8. The highest BCUT2D eigenvalue weighted by Crippen LogP contribution is 2.25. The van der Waals surface area contributed by atoms with E-state index >= 15 is 0 Å². The lowest BCUT2D eigenvalue weighted by Crippen LogP contribution is -2.30. The van der Waals surface area contributed by atoms with Gasteiger partial charge in [-0.15, -0.1) is 10.2 Å². The molecule has 2 aromatic carbocycles. The van der Waals surface area contributed by atoms with Crippen molar-refractivity contribution >= 4 is 39.7 Å². The van der Waals surface area contributed by atoms with E-state index in [1.807, 2.05) is 24.3 Å². The first-order valence-electron chi connectivity index (χ1n) is 8.40. The van der Waals surface area contributed by atoms with Crippen molar-refractivity contribution in [2.45, 2.75) is 23.9 Å². The van der Waals surface area contributed by atoms with Crippen LogP contribution < -0.4 is 5.32 Å². The molecule has 0 saturated heterocycles. The highest BCUT2D eigenvalue weighted by molar-refractivity contribution is 8.00. The van der Waals surface area contributed by atoms with Gasteiger partial charge in [0.05, 0.1) is 5.25 Å². The number of para-hydroxylation sites is 1. The van der Waals surface area contributed by atoms with Crippen LogP contribution in [0, 0.1) is 5.82 Å². The van der Waals surface area contributed by atoms with Crippen molar-refractivity contribution < 1.29 is 9.18 Å². The summed E-state index contributed by atoms with van der Waals surface area (Å²) in [6.07, 6.45) is 0. The Kier molecular flexibility index (Phi) is 4.72. The maximum atomic E-state index is 12.9. The molecule has 0 saturated carbocycles. The lowest BCUT2D eigenvalue weighted by Gasteiger charge is -2.10. The van der Waals surface area contributed by atoms with Crippen molar-refractivity contribution in [1.82, 2.24) is 25.5 Å². The molecule has 2 aromatic heterocycles. The van der Waals surface area contributed by atoms with Gasteiger partial charge >= 0.3 is 0 Å². The Bertz CT molecular complexity index is 1110. The van der Waals surface area contributed by atoms with Crippen molar-refractivity contribution in [1.29, 1.82) is 0 Å². The number of fused-ring (bicyclic) bond motifs is 3. The smallest absolute Gasteiger partial charge is 0.233 e. The van der Waals surface area contributed by atoms with Crippen molar-refractivity contribution in [3.05, 3.63) is 59.9 Å². The largest absolute Gasteiger partial charge is 0.351 e. The number of carbonyl (C=O) groups excluding carboxylic acids is 1. The second-order valence-corrected chi connectivity index (χ2v) is 7.37. The number of nitrogens with one attached hydrogen (secondary N) is 2. The number of benzene rings is 2. The summed E-state index contributed by atoms with van der Waals surface area (Å²) in [6, 6.07) is 13.8. The van der Waals surface area contributed by atoms with Gasteiger partial charge in [0.15, 0.2) is 5.65 Å². The number of aromatic nitrogens is 4. The molecule has 0 bridgehead atoms. The third-order valence-electron chi connectivity index (χ3n) is 4.13. The van der Waals surface area contributed by atoms with Gasteiger partial charge in [0.1, 0.15) is 11.3 Å². The van der Waals surface area contributed by atoms with Crippen LogP contribution in [0.5, 0.6) is 0 Å². The van der Waals surface area contributed by atoms with E-state index < -0.39 is 5.25 Å². The fraction of sp³-hybridized carbons (Fsp3) is 0.158. The van der Waals surface area contributed by atoms with Crippen molar-refractivity contribution in [2.75, 3.05) is 0 Å². The molecule has 6 nitrogen and oxygen atoms in total. The second-order valence-electron chi connectivity index (χ2n) is 6.07. The molecule has 0 aliphatic carbocycles. The van der Waals surface area contributed by atoms with Gasteiger partial charge in [-0.2, -0.15) is 0 Å². The van der Waals surface area contributed by atoms with Crippen LogP contribution in [0.2, 0.25) is 0 Å². The number of nitrogens with zero attached hydrogens (tertiary/aromatic N) is 3. The normalized spacial score (nSPS) is 12.4. The highest BCUT2D eigenvalue weighted by Gasteiger charge is 2.17. The van der Waals surface area contributed by atoms with E-state index in [4.69, 9.17) is 0 Å². The van der Waals surface area contributed by atoms with Crippen molar-refractivity contribution in [2.24, 2.45) is 0 Å². The Morgan fingerprint density at radius 3 is 2.78 bits per heavy atom. The van der Waals surface area contributed by atoms with Gasteiger partial charge in [-0.3, -0.25) is 4.79 Å². The zero-order valence-corrected chi connectivity index (χ0v) is 15.3. The molecule has 2 N–H and O–H groups in total. The minimum Gasteiger partial charge on any atom is -0.351 e. The summed E-state index contributed by atoms with van der Waals surface area (Å²) in [5.74, 6) is -0.448. The number of halogens is 1. The second kappa shape index (κ2) is 7.32. The number of H-pyrrole nitrogens is 1. The van der Waals surface area contributed by atoms with E-state index in [2.05, 4.69) is 25.5 Å². The molecule has 0 fully saturated rings. The summed E-state index contributed by atoms with van der Waals surface area (Å²) in [4.78, 5) is 20.0. The van der Waals surface area contributed by atoms with E-state index in [0.717, 1.165) is 16.5 Å². The molecule has 1 atom stereocenters. The van der Waals surface area contributed by atoms with Crippen LogP contribution in [-0.4, -0.2) is 31.3 Å². The zero-order valence-electron chi connectivity index (χ0n) is 14.4. The number of hydrogen-bond acceptors (Lipinski definition) is 5. The minimum atomic E-state index is -0.394. The Balaban J connectivity index is 1.43. The average molecular weight is 381 g/mol. The number of rotatable bonds is 5. The third kappa shape index (κ3) is 3.75. The monoisotopic (exact) mass is 381 g/mol. The van der Waals surface area contributed by atoms with E-state index in [1.54, 1.807) is 19.1 Å². The van der Waals surface area contributed by atoms with Gasteiger partial charge in [-0.25, -0.2) is 9.37 Å². The summed E-state index contributed by atoms with van der Waals surface area (Å²) in [5, 5.41) is 12.2. The lowest BCUT2D eigenvalue weighted by atomic mass is 10.2. The number of amides is 1. The van der Waals surface area contributed by atoms with E-state index in [1.165, 1.54) is 23.9 Å². The summed E-state index contributed by atoms with van der Waals surface area (Å²) in [6.45, 7) is 2.12. The van der Waals surface area contributed by atoms with Crippen LogP contribution in [0.4, 0.5) is 4.39 Å². The summed E-state index contributed by atoms with van der Waals surface area (Å²) in [7, 11) is 0. The third-order valence-corrected chi connectivity index (χ3v) is 5.09. The van der Waals surface area contributed by atoms with E-state index in [0.29, 0.717) is 22.9 Å². The number of hydrogen-bond donors (Lipinski definition) is 2. The fourth-order valence-corrected chi connectivity index (χ4v) is 3.44. The lowest BCUT2D eigenvalue weighted by molar-refractivity contribution is -0.120. The van der Waals surface area contributed by atoms with Crippen LogP contribution >= 0.6 is 11.8 Å². The first kappa shape index (κ1) is 17.4. The molecular formula is C19H16FN5OS. The van der Waals surface area contributed by atoms with Crippen molar-refractivity contribution in [3.8, 4) is 0 Å². The Morgan fingerprint density at radius 1 is 1.19 bits per heavy atom. The van der Waals surface area contributed by atoms with Gasteiger partial charge in [0.25, 0.3) is 0 Å². The van der Waals surface area contributed by atoms with Crippen LogP contribution in [0.1, 0.15) is 12.5 Å². The maximum Gasteiger partial charge on any atom is 0.233 e. The van der Waals surface area contributed by atoms with Gasteiger partial charge in [-0.05, 0) is 30.7 Å². The Hall–Kier alpha value is -3.00. The van der Waals surface area contributed by atoms with E-state index in [-0.39, 0.29) is 11.7 Å². The van der Waals surface area contributed by atoms with Crippen LogP contribution in [0.3, 0.4) is 0 Å². The number of carbonyl (C=O) groups is 1. The molecular weight excluding hydrogens is 365 g/mol. The van der Waals surface area contributed by atoms with Gasteiger partial charge in [-0.1, -0.05) is 42.1 Å². The van der Waals surface area contributed by atoms with Gasteiger partial charge in [0.2, 0.25) is 11.1 Å². The van der Waals surface area contributed by atoms with E-state index in [9.17, 15) is 9.18 Å². The van der Waals surface area contributed by atoms with Crippen LogP contribution in [0.15, 0.2) is 53.7 Å². The molecule has 4 rings (SSSR count). The minimum absolute atomic E-state index is 0.148. The molecule has 2 heterocycles. The fourth-order valence-electron chi connectivity index (χ4n) is 2.70. The topological polar surface area (TPSA) is 83.6 Å². The molecule has 8 heteroatoms. The molecule has 4 aromatic rings. The molecule has 0 radical (unpaired) electrons. The quantitative estimate of drug-likeness (QED) is 0.518. The molecule has 1 amide bonds. The summed E-state index contributed by atoms with van der Waals surface area (Å²) < 4.78 is 12.9. The molecule has 136 valence electrons. The first-order chi connectivity index (χ1) is 13.1. The molecule has 0 spiro atoms. The predicted octanol–water partition coefficient (Wildman–Crippen LogP) is 3.44. The standard InChI is InChI=1S/C19H16FN5OS/c1-11(18(26)21-10-12-6-8-13(20)9-7-12)27-19-23-17-16(24-25-19)14-4-2-3-5-15(14)22-17/h2-9,11H,10H2,1H3,(H,21,26)(H,22,23,25)/t11-/m1/s1. The molecule has 0 aliphatic heterocycles. The van der Waals surface area contributed by atoms with Gasteiger partial charge in [0, 0.05) is 17.4 Å². The van der Waals surface area contributed by atoms with Crippen molar-refractivity contribution in [3.63, 3.8) is 0 Å². The predicted molar refractivity (Wildman–Crippen MR) is 103 cm³/mol. The first-order valence-corrected chi connectivity index (χ1v) is 9.28. The maximum absolute atomic E-state index is 12.9. The Morgan fingerprint density at radius 2 is 1.96 bits per heavy atom. The van der Waals surface area contributed by atoms with Gasteiger partial charge < -0.3 is 10.3 Å². The van der Waals surface area contributed by atoms with Crippen LogP contribution in [0.25, 0.3) is 22.1 Å². The summed E-state index contributed by atoms with van der Waals surface area (Å²) in [5.41, 5.74) is 3.14. The number of thioether (sulfide) groups is 1. The van der Waals surface area contributed by atoms with Crippen LogP contribution in [-0.2, 0) is 11.3 Å². The number of aromatic amines is 1.